The number of benzene rings is 1. The first-order valence-corrected chi connectivity index (χ1v) is 9.43. The lowest BCUT2D eigenvalue weighted by Crippen LogP contribution is -2.30. The Hall–Kier alpha value is -1.91. The lowest BCUT2D eigenvalue weighted by atomic mass is 9.98. The molecule has 5 heteroatoms. The van der Waals surface area contributed by atoms with Gasteiger partial charge in [0.05, 0.1) is 5.69 Å². The van der Waals surface area contributed by atoms with E-state index >= 15 is 0 Å². The SMILES string of the molecule is CCCCC(CC)CN(CC)c1cc(NC(C)=O)c(N=NC)cc1C. The van der Waals surface area contributed by atoms with Gasteiger partial charge in [-0.25, -0.2) is 0 Å². The van der Waals surface area contributed by atoms with Crippen molar-refractivity contribution in [3.63, 3.8) is 0 Å². The molecule has 0 aliphatic carbocycles. The van der Waals surface area contributed by atoms with Crippen molar-refractivity contribution < 1.29 is 4.79 Å². The number of carbonyl (C=O) groups is 1. The molecular weight excluding hydrogens is 312 g/mol. The second-order valence-corrected chi connectivity index (χ2v) is 6.59. The zero-order valence-corrected chi connectivity index (χ0v) is 16.7. The van der Waals surface area contributed by atoms with Crippen LogP contribution in [-0.4, -0.2) is 26.0 Å². The van der Waals surface area contributed by atoms with Crippen molar-refractivity contribution in [2.24, 2.45) is 16.1 Å². The molecule has 0 fully saturated rings. The van der Waals surface area contributed by atoms with Crippen LogP contribution in [0.2, 0.25) is 0 Å². The highest BCUT2D eigenvalue weighted by molar-refractivity contribution is 5.93. The minimum Gasteiger partial charge on any atom is -0.371 e. The van der Waals surface area contributed by atoms with Crippen LogP contribution in [-0.2, 0) is 4.79 Å². The molecule has 0 aromatic heterocycles. The molecule has 140 valence electrons. The molecule has 1 N–H and O–H groups in total. The number of hydrogen-bond acceptors (Lipinski definition) is 4. The van der Waals surface area contributed by atoms with Gasteiger partial charge in [0.2, 0.25) is 5.91 Å². The number of aryl methyl sites for hydroxylation is 1. The van der Waals surface area contributed by atoms with Gasteiger partial charge >= 0.3 is 0 Å². The van der Waals surface area contributed by atoms with E-state index in [4.69, 9.17) is 0 Å². The fourth-order valence-electron chi connectivity index (χ4n) is 3.13. The van der Waals surface area contributed by atoms with Crippen LogP contribution in [0, 0.1) is 12.8 Å². The van der Waals surface area contributed by atoms with Gasteiger partial charge in [-0.2, -0.15) is 10.2 Å². The summed E-state index contributed by atoms with van der Waals surface area (Å²) in [6.45, 7) is 12.3. The number of rotatable bonds is 10. The van der Waals surface area contributed by atoms with E-state index in [0.29, 0.717) is 11.6 Å². The fourth-order valence-corrected chi connectivity index (χ4v) is 3.13. The highest BCUT2D eigenvalue weighted by Crippen LogP contribution is 2.34. The Balaban J connectivity index is 3.16. The van der Waals surface area contributed by atoms with E-state index in [1.165, 1.54) is 32.6 Å². The number of amides is 1. The topological polar surface area (TPSA) is 57.1 Å². The van der Waals surface area contributed by atoms with Gasteiger partial charge in [0.25, 0.3) is 0 Å². The van der Waals surface area contributed by atoms with E-state index in [2.05, 4.69) is 48.1 Å². The molecule has 25 heavy (non-hydrogen) atoms. The number of azo groups is 1. The first-order chi connectivity index (χ1) is 12.0. The van der Waals surface area contributed by atoms with E-state index in [1.54, 1.807) is 7.05 Å². The Bertz CT molecular complexity index is 583. The molecule has 0 saturated heterocycles. The van der Waals surface area contributed by atoms with Gasteiger partial charge in [0.1, 0.15) is 5.69 Å². The van der Waals surface area contributed by atoms with Gasteiger partial charge < -0.3 is 10.2 Å². The average molecular weight is 347 g/mol. The second kappa shape index (κ2) is 10.9. The number of unbranched alkanes of at least 4 members (excludes halogenated alkanes) is 1. The van der Waals surface area contributed by atoms with Gasteiger partial charge in [0, 0.05) is 32.7 Å². The Morgan fingerprint density at radius 2 is 2.00 bits per heavy atom. The summed E-state index contributed by atoms with van der Waals surface area (Å²) < 4.78 is 0. The summed E-state index contributed by atoms with van der Waals surface area (Å²) in [4.78, 5) is 14.0. The van der Waals surface area contributed by atoms with Crippen molar-refractivity contribution in [2.45, 2.75) is 60.3 Å². The summed E-state index contributed by atoms with van der Waals surface area (Å²) in [6, 6.07) is 4.04. The predicted octanol–water partition coefficient (Wildman–Crippen LogP) is 5.71. The third-order valence-electron chi connectivity index (χ3n) is 4.58. The van der Waals surface area contributed by atoms with Crippen LogP contribution in [0.4, 0.5) is 17.1 Å². The van der Waals surface area contributed by atoms with Crippen molar-refractivity contribution >= 4 is 23.0 Å². The summed E-state index contributed by atoms with van der Waals surface area (Å²) in [7, 11) is 1.64. The molecule has 5 nitrogen and oxygen atoms in total. The van der Waals surface area contributed by atoms with Gasteiger partial charge in [-0.3, -0.25) is 4.79 Å². The third-order valence-corrected chi connectivity index (χ3v) is 4.58. The lowest BCUT2D eigenvalue weighted by Gasteiger charge is -2.30. The van der Waals surface area contributed by atoms with Crippen molar-refractivity contribution in [2.75, 3.05) is 30.4 Å². The predicted molar refractivity (Wildman–Crippen MR) is 107 cm³/mol. The number of anilines is 2. The second-order valence-electron chi connectivity index (χ2n) is 6.59. The van der Waals surface area contributed by atoms with Crippen LogP contribution in [0.15, 0.2) is 22.4 Å². The zero-order chi connectivity index (χ0) is 18.8. The van der Waals surface area contributed by atoms with Crippen molar-refractivity contribution in [3.8, 4) is 0 Å². The summed E-state index contributed by atoms with van der Waals surface area (Å²) in [5.74, 6) is 0.596. The maximum Gasteiger partial charge on any atom is 0.221 e. The molecule has 0 aliphatic heterocycles. The molecule has 0 bridgehead atoms. The molecule has 1 aromatic rings. The van der Waals surface area contributed by atoms with E-state index in [1.807, 2.05) is 12.1 Å². The quantitative estimate of drug-likeness (QED) is 0.552. The molecule has 1 unspecified atom stereocenters. The zero-order valence-electron chi connectivity index (χ0n) is 16.7. The van der Waals surface area contributed by atoms with Crippen molar-refractivity contribution in [1.82, 2.24) is 0 Å². The van der Waals surface area contributed by atoms with Gasteiger partial charge in [-0.1, -0.05) is 33.1 Å². The van der Waals surface area contributed by atoms with Crippen LogP contribution < -0.4 is 10.2 Å². The first-order valence-electron chi connectivity index (χ1n) is 9.43. The summed E-state index contributed by atoms with van der Waals surface area (Å²) in [5, 5.41) is 10.9. The van der Waals surface area contributed by atoms with Crippen LogP contribution in [0.5, 0.6) is 0 Å². The van der Waals surface area contributed by atoms with Crippen LogP contribution >= 0.6 is 0 Å². The summed E-state index contributed by atoms with van der Waals surface area (Å²) >= 11 is 0. The van der Waals surface area contributed by atoms with E-state index in [-0.39, 0.29) is 5.91 Å². The molecule has 1 aromatic carbocycles. The molecule has 0 saturated carbocycles. The van der Waals surface area contributed by atoms with Gasteiger partial charge in [-0.15, -0.1) is 0 Å². The minimum atomic E-state index is -0.0974. The maximum absolute atomic E-state index is 11.6. The molecule has 1 amide bonds. The Kier molecular flexibility index (Phi) is 9.17. The highest BCUT2D eigenvalue weighted by atomic mass is 16.1. The summed E-state index contributed by atoms with van der Waals surface area (Å²) in [6.07, 6.45) is 4.98. The smallest absolute Gasteiger partial charge is 0.221 e. The normalized spacial score (nSPS) is 12.4. The van der Waals surface area contributed by atoms with Gasteiger partial charge in [-0.05, 0) is 43.9 Å². The monoisotopic (exact) mass is 346 g/mol. The maximum atomic E-state index is 11.6. The lowest BCUT2D eigenvalue weighted by molar-refractivity contribution is -0.114. The Morgan fingerprint density at radius 3 is 2.52 bits per heavy atom. The van der Waals surface area contributed by atoms with Crippen molar-refractivity contribution in [1.29, 1.82) is 0 Å². The molecule has 0 heterocycles. The molecule has 1 atom stereocenters. The van der Waals surface area contributed by atoms with Gasteiger partial charge in [0.15, 0.2) is 0 Å². The standard InChI is InChI=1S/C20H34N4O/c1-7-10-11-17(8-2)14-24(9-3)20-13-18(22-16(5)25)19(23-21-6)12-15(20)4/h12-13,17H,7-11,14H2,1-6H3,(H,22,25). The number of carbonyl (C=O) groups excluding carboxylic acids is 1. The molecule has 0 radical (unpaired) electrons. The average Bonchev–Trinajstić information content (AvgIpc) is 2.58. The Labute approximate surface area is 152 Å². The van der Waals surface area contributed by atoms with Crippen molar-refractivity contribution in [3.05, 3.63) is 17.7 Å². The highest BCUT2D eigenvalue weighted by Gasteiger charge is 2.16. The molecule has 0 aliphatic rings. The third kappa shape index (κ3) is 6.48. The molecule has 0 spiro atoms. The van der Waals surface area contributed by atoms with E-state index < -0.39 is 0 Å². The largest absolute Gasteiger partial charge is 0.371 e. The van der Waals surface area contributed by atoms with Crippen LogP contribution in [0.3, 0.4) is 0 Å². The summed E-state index contributed by atoms with van der Waals surface area (Å²) in [5.41, 5.74) is 3.74. The van der Waals surface area contributed by atoms with Crippen LogP contribution in [0.25, 0.3) is 0 Å². The molecular formula is C20H34N4O. The molecule has 1 rings (SSSR count). The number of nitrogens with zero attached hydrogens (tertiary/aromatic N) is 3. The number of nitrogens with one attached hydrogen (secondary N) is 1. The minimum absolute atomic E-state index is 0.0974. The fraction of sp³-hybridized carbons (Fsp3) is 0.650. The Morgan fingerprint density at radius 1 is 1.28 bits per heavy atom. The first kappa shape index (κ1) is 21.1. The number of hydrogen-bond donors (Lipinski definition) is 1. The van der Waals surface area contributed by atoms with Crippen LogP contribution in [0.1, 0.15) is 58.9 Å². The van der Waals surface area contributed by atoms with E-state index in [9.17, 15) is 4.79 Å². The van der Waals surface area contributed by atoms with E-state index in [0.717, 1.165) is 30.0 Å².